The standard InChI is InChI=1S/C17H17F2N3O/c18-12-6-4-7-13(19)16(12)21-17(23)14-8-5-9-15(20-14)22-10-2-1-3-11-22/h4-9H,1-3,10-11H2,(H,21,23). The maximum atomic E-state index is 13.6. The molecule has 1 N–H and O–H groups in total. The topological polar surface area (TPSA) is 45.2 Å². The molecule has 0 spiro atoms. The Morgan fingerprint density at radius 1 is 1.00 bits per heavy atom. The van der Waals surface area contributed by atoms with Crippen molar-refractivity contribution in [3.63, 3.8) is 0 Å². The first-order valence-corrected chi connectivity index (χ1v) is 7.62. The van der Waals surface area contributed by atoms with Gasteiger partial charge in [-0.3, -0.25) is 4.79 Å². The molecule has 0 atom stereocenters. The zero-order valence-corrected chi connectivity index (χ0v) is 12.6. The Labute approximate surface area is 133 Å². The summed E-state index contributed by atoms with van der Waals surface area (Å²) in [4.78, 5) is 18.7. The third-order valence-electron chi connectivity index (χ3n) is 3.85. The zero-order valence-electron chi connectivity index (χ0n) is 12.6. The lowest BCUT2D eigenvalue weighted by molar-refractivity contribution is 0.102. The van der Waals surface area contributed by atoms with Crippen molar-refractivity contribution in [3.8, 4) is 0 Å². The summed E-state index contributed by atoms with van der Waals surface area (Å²) in [5, 5.41) is 2.25. The van der Waals surface area contributed by atoms with E-state index >= 15 is 0 Å². The highest BCUT2D eigenvalue weighted by Crippen LogP contribution is 2.20. The van der Waals surface area contributed by atoms with Gasteiger partial charge in [0.05, 0.1) is 0 Å². The van der Waals surface area contributed by atoms with Gasteiger partial charge in [0.15, 0.2) is 0 Å². The van der Waals surface area contributed by atoms with Crippen molar-refractivity contribution in [2.24, 2.45) is 0 Å². The average Bonchev–Trinajstić information content (AvgIpc) is 2.59. The summed E-state index contributed by atoms with van der Waals surface area (Å²) in [6.45, 7) is 1.81. The number of carbonyl (C=O) groups is 1. The van der Waals surface area contributed by atoms with Gasteiger partial charge in [0.1, 0.15) is 28.8 Å². The average molecular weight is 317 g/mol. The summed E-state index contributed by atoms with van der Waals surface area (Å²) in [5.41, 5.74) is -0.321. The molecule has 2 aromatic rings. The quantitative estimate of drug-likeness (QED) is 0.941. The Bertz CT molecular complexity index is 694. The number of aromatic nitrogens is 1. The van der Waals surface area contributed by atoms with Crippen LogP contribution in [-0.2, 0) is 0 Å². The number of amides is 1. The maximum Gasteiger partial charge on any atom is 0.274 e. The number of hydrogen-bond acceptors (Lipinski definition) is 3. The molecule has 0 aliphatic carbocycles. The Hall–Kier alpha value is -2.50. The number of rotatable bonds is 3. The molecular weight excluding hydrogens is 300 g/mol. The van der Waals surface area contributed by atoms with Gasteiger partial charge in [0.25, 0.3) is 5.91 Å². The van der Waals surface area contributed by atoms with Crippen LogP contribution in [-0.4, -0.2) is 24.0 Å². The molecule has 0 radical (unpaired) electrons. The van der Waals surface area contributed by atoms with Crippen molar-refractivity contribution in [2.75, 3.05) is 23.3 Å². The zero-order chi connectivity index (χ0) is 16.2. The van der Waals surface area contributed by atoms with Crippen LogP contribution in [0.2, 0.25) is 0 Å². The van der Waals surface area contributed by atoms with E-state index in [4.69, 9.17) is 0 Å². The molecule has 6 heteroatoms. The number of carbonyl (C=O) groups excluding carboxylic acids is 1. The van der Waals surface area contributed by atoms with Gasteiger partial charge in [-0.15, -0.1) is 0 Å². The fraction of sp³-hybridized carbons (Fsp3) is 0.294. The van der Waals surface area contributed by atoms with Gasteiger partial charge >= 0.3 is 0 Å². The molecule has 4 nitrogen and oxygen atoms in total. The predicted octanol–water partition coefficient (Wildman–Crippen LogP) is 3.60. The normalized spacial score (nSPS) is 14.6. The van der Waals surface area contributed by atoms with Gasteiger partial charge in [-0.1, -0.05) is 12.1 Å². The molecule has 1 aromatic heterocycles. The van der Waals surface area contributed by atoms with Gasteiger partial charge in [0.2, 0.25) is 0 Å². The molecule has 1 amide bonds. The molecule has 1 aliphatic rings. The number of piperidine rings is 1. The molecule has 0 unspecified atom stereocenters. The van der Waals surface area contributed by atoms with Crippen molar-refractivity contribution in [2.45, 2.75) is 19.3 Å². The second kappa shape index (κ2) is 6.73. The Kier molecular flexibility index (Phi) is 4.50. The van der Waals surface area contributed by atoms with Gasteiger partial charge in [-0.2, -0.15) is 0 Å². The van der Waals surface area contributed by atoms with E-state index in [-0.39, 0.29) is 5.69 Å². The van der Waals surface area contributed by atoms with Gasteiger partial charge < -0.3 is 10.2 Å². The molecule has 120 valence electrons. The molecule has 2 heterocycles. The minimum absolute atomic E-state index is 0.135. The fourth-order valence-electron chi connectivity index (χ4n) is 2.64. The van der Waals surface area contributed by atoms with Gasteiger partial charge in [0, 0.05) is 13.1 Å². The highest BCUT2D eigenvalue weighted by molar-refractivity contribution is 6.03. The van der Waals surface area contributed by atoms with Crippen LogP contribution in [0.5, 0.6) is 0 Å². The Morgan fingerprint density at radius 2 is 1.65 bits per heavy atom. The monoisotopic (exact) mass is 317 g/mol. The van der Waals surface area contributed by atoms with Crippen molar-refractivity contribution >= 4 is 17.4 Å². The summed E-state index contributed by atoms with van der Waals surface area (Å²) in [5.74, 6) is -1.55. The number of para-hydroxylation sites is 1. The number of anilines is 2. The van der Waals surface area contributed by atoms with Gasteiger partial charge in [-0.05, 0) is 43.5 Å². The highest BCUT2D eigenvalue weighted by Gasteiger charge is 2.17. The second-order valence-corrected chi connectivity index (χ2v) is 5.48. The lowest BCUT2D eigenvalue weighted by Crippen LogP contribution is -2.30. The summed E-state index contributed by atoms with van der Waals surface area (Å²) < 4.78 is 27.2. The van der Waals surface area contributed by atoms with E-state index in [1.54, 1.807) is 6.07 Å². The largest absolute Gasteiger partial charge is 0.357 e. The van der Waals surface area contributed by atoms with E-state index in [0.717, 1.165) is 38.1 Å². The van der Waals surface area contributed by atoms with Crippen LogP contribution in [0.3, 0.4) is 0 Å². The number of nitrogens with zero attached hydrogens (tertiary/aromatic N) is 2. The molecular formula is C17H17F2N3O. The van der Waals surface area contributed by atoms with E-state index in [1.165, 1.54) is 18.6 Å². The number of benzene rings is 1. The van der Waals surface area contributed by atoms with Crippen LogP contribution in [0, 0.1) is 11.6 Å². The first-order chi connectivity index (χ1) is 11.1. The third-order valence-corrected chi connectivity index (χ3v) is 3.85. The lowest BCUT2D eigenvalue weighted by Gasteiger charge is -2.27. The molecule has 0 saturated carbocycles. The van der Waals surface area contributed by atoms with Crippen LogP contribution in [0.1, 0.15) is 29.8 Å². The predicted molar refractivity (Wildman–Crippen MR) is 84.6 cm³/mol. The van der Waals surface area contributed by atoms with Crippen molar-refractivity contribution < 1.29 is 13.6 Å². The summed E-state index contributed by atoms with van der Waals surface area (Å²) in [7, 11) is 0. The summed E-state index contributed by atoms with van der Waals surface area (Å²) in [6.07, 6.45) is 3.39. The van der Waals surface area contributed by atoms with E-state index in [1.807, 2.05) is 6.07 Å². The first-order valence-electron chi connectivity index (χ1n) is 7.62. The van der Waals surface area contributed by atoms with Crippen molar-refractivity contribution in [1.82, 2.24) is 4.98 Å². The number of pyridine rings is 1. The van der Waals surface area contributed by atoms with Gasteiger partial charge in [-0.25, -0.2) is 13.8 Å². The lowest BCUT2D eigenvalue weighted by atomic mass is 10.1. The fourth-order valence-corrected chi connectivity index (χ4v) is 2.64. The van der Waals surface area contributed by atoms with Crippen LogP contribution in [0.25, 0.3) is 0 Å². The number of hydrogen-bond donors (Lipinski definition) is 1. The Balaban J connectivity index is 1.80. The second-order valence-electron chi connectivity index (χ2n) is 5.48. The maximum absolute atomic E-state index is 13.6. The Morgan fingerprint density at radius 3 is 2.35 bits per heavy atom. The van der Waals surface area contributed by atoms with Crippen LogP contribution >= 0.6 is 0 Å². The summed E-state index contributed by atoms with van der Waals surface area (Å²) in [6, 6.07) is 8.53. The molecule has 0 bridgehead atoms. The minimum Gasteiger partial charge on any atom is -0.357 e. The molecule has 1 aromatic carbocycles. The third kappa shape index (κ3) is 3.47. The summed E-state index contributed by atoms with van der Waals surface area (Å²) >= 11 is 0. The molecule has 1 saturated heterocycles. The number of halogens is 2. The smallest absolute Gasteiger partial charge is 0.274 e. The molecule has 1 aliphatic heterocycles. The molecule has 3 rings (SSSR count). The molecule has 23 heavy (non-hydrogen) atoms. The van der Waals surface area contributed by atoms with E-state index in [9.17, 15) is 13.6 Å². The van der Waals surface area contributed by atoms with Crippen molar-refractivity contribution in [3.05, 3.63) is 53.7 Å². The molecule has 1 fully saturated rings. The van der Waals surface area contributed by atoms with Crippen molar-refractivity contribution in [1.29, 1.82) is 0 Å². The van der Waals surface area contributed by atoms with E-state index < -0.39 is 23.2 Å². The number of nitrogens with one attached hydrogen (secondary N) is 1. The SMILES string of the molecule is O=C(Nc1c(F)cccc1F)c1cccc(N2CCCCC2)n1. The van der Waals surface area contributed by atoms with Crippen LogP contribution < -0.4 is 10.2 Å². The van der Waals surface area contributed by atoms with E-state index in [2.05, 4.69) is 15.2 Å². The van der Waals surface area contributed by atoms with Crippen LogP contribution in [0.15, 0.2) is 36.4 Å². The highest BCUT2D eigenvalue weighted by atomic mass is 19.1. The van der Waals surface area contributed by atoms with Crippen LogP contribution in [0.4, 0.5) is 20.3 Å². The first kappa shape index (κ1) is 15.4. The van der Waals surface area contributed by atoms with E-state index in [0.29, 0.717) is 5.82 Å². The minimum atomic E-state index is -0.814.